The van der Waals surface area contributed by atoms with Gasteiger partial charge in [-0.3, -0.25) is 4.90 Å². The van der Waals surface area contributed by atoms with Crippen molar-refractivity contribution in [1.82, 2.24) is 20.2 Å². The summed E-state index contributed by atoms with van der Waals surface area (Å²) >= 11 is 6.86. The summed E-state index contributed by atoms with van der Waals surface area (Å²) in [7, 11) is 0. The smallest absolute Gasteiger partial charge is 0.319 e. The van der Waals surface area contributed by atoms with Gasteiger partial charge >= 0.3 is 6.01 Å². The van der Waals surface area contributed by atoms with Gasteiger partial charge in [0.15, 0.2) is 5.82 Å². The van der Waals surface area contributed by atoms with E-state index in [1.165, 1.54) is 0 Å². The number of hydrogen-bond donors (Lipinski definition) is 2. The lowest BCUT2D eigenvalue weighted by molar-refractivity contribution is -0.0380. The summed E-state index contributed by atoms with van der Waals surface area (Å²) in [6, 6.07) is 14.1. The maximum atomic E-state index is 16.7. The number of ether oxygens (including phenoxy) is 2. The lowest BCUT2D eigenvalue weighted by atomic mass is 9.96. The standard InChI is InChI=1S/C33H37ClFN5O3/c1-19-17-42-18-20(2)40(19)10-5-11-43-33-37-31-27(32(38-33)39-15-22-8-9-23(16-39)36-22)14-28(34)29(30(31)35)26-13-24(41)12-21-6-3-4-7-25(21)26/h3-4,6-7,12-14,19-20,22-23,36,41H,5,8-11,15-18H2,1-2H3/t19-,20+,22?,23?. The van der Waals surface area contributed by atoms with Crippen LogP contribution >= 0.6 is 11.6 Å². The molecule has 0 saturated carbocycles. The van der Waals surface area contributed by atoms with Crippen LogP contribution in [0.1, 0.15) is 33.1 Å². The van der Waals surface area contributed by atoms with Crippen molar-refractivity contribution in [2.45, 2.75) is 57.3 Å². The SMILES string of the molecule is C[C@@H]1COC[C@H](C)N1CCCOc1nc(N2CC3CCC(C2)N3)c2cc(Cl)c(-c3cc(O)cc4ccccc34)c(F)c2n1. The van der Waals surface area contributed by atoms with E-state index in [0.29, 0.717) is 47.5 Å². The van der Waals surface area contributed by atoms with Crippen molar-refractivity contribution in [3.8, 4) is 22.9 Å². The maximum Gasteiger partial charge on any atom is 0.319 e. The number of aromatic hydroxyl groups is 1. The highest BCUT2D eigenvalue weighted by Crippen LogP contribution is 2.42. The molecule has 226 valence electrons. The first kappa shape index (κ1) is 28.5. The van der Waals surface area contributed by atoms with Crippen molar-refractivity contribution in [2.75, 3.05) is 44.4 Å². The Morgan fingerprint density at radius 2 is 1.79 bits per heavy atom. The highest BCUT2D eigenvalue weighted by atomic mass is 35.5. The molecule has 3 fully saturated rings. The molecule has 4 heterocycles. The number of anilines is 1. The quantitative estimate of drug-likeness (QED) is 0.257. The maximum absolute atomic E-state index is 16.7. The Kier molecular flexibility index (Phi) is 7.75. The fourth-order valence-corrected chi connectivity index (χ4v) is 7.36. The predicted molar refractivity (Wildman–Crippen MR) is 168 cm³/mol. The van der Waals surface area contributed by atoms with Crippen LogP contribution in [0.15, 0.2) is 42.5 Å². The van der Waals surface area contributed by atoms with Gasteiger partial charge in [0.05, 0.1) is 24.8 Å². The second-order valence-corrected chi connectivity index (χ2v) is 12.6. The number of nitrogens with one attached hydrogen (secondary N) is 1. The molecule has 0 amide bonds. The van der Waals surface area contributed by atoms with Crippen molar-refractivity contribution in [1.29, 1.82) is 0 Å². The number of phenolic OH excluding ortho intramolecular Hbond substituents is 1. The van der Waals surface area contributed by atoms with Gasteiger partial charge in [-0.05, 0) is 67.6 Å². The summed E-state index contributed by atoms with van der Waals surface area (Å²) in [6.45, 7) is 8.63. The molecule has 4 aromatic rings. The van der Waals surface area contributed by atoms with Gasteiger partial charge in [-0.15, -0.1) is 0 Å². The van der Waals surface area contributed by atoms with Crippen molar-refractivity contribution < 1.29 is 19.0 Å². The number of morpholine rings is 1. The van der Waals surface area contributed by atoms with E-state index in [9.17, 15) is 5.11 Å². The van der Waals surface area contributed by atoms with E-state index in [1.54, 1.807) is 18.2 Å². The van der Waals surface area contributed by atoms with Gasteiger partial charge in [0.2, 0.25) is 0 Å². The van der Waals surface area contributed by atoms with Crippen LogP contribution in [0.25, 0.3) is 32.8 Å². The van der Waals surface area contributed by atoms with Gasteiger partial charge in [0.1, 0.15) is 17.1 Å². The van der Waals surface area contributed by atoms with Crippen molar-refractivity contribution >= 4 is 39.1 Å². The highest BCUT2D eigenvalue weighted by Gasteiger charge is 2.34. The van der Waals surface area contributed by atoms with Crippen LogP contribution < -0.4 is 15.0 Å². The fraction of sp³-hybridized carbons (Fsp3) is 0.455. The van der Waals surface area contributed by atoms with Crippen LogP contribution in [0, 0.1) is 5.82 Å². The molecule has 1 aromatic heterocycles. The van der Waals surface area contributed by atoms with Gasteiger partial charge in [0, 0.05) is 54.8 Å². The zero-order valence-corrected chi connectivity index (χ0v) is 25.3. The zero-order chi connectivity index (χ0) is 29.7. The minimum absolute atomic E-state index is 0.0388. The van der Waals surface area contributed by atoms with Gasteiger partial charge in [-0.25, -0.2) is 4.39 Å². The van der Waals surface area contributed by atoms with E-state index in [4.69, 9.17) is 26.1 Å². The first-order chi connectivity index (χ1) is 20.9. The molecular formula is C33H37ClFN5O3. The third-order valence-corrected chi connectivity index (χ3v) is 9.41. The number of halogens is 2. The molecule has 0 spiro atoms. The Bertz CT molecular complexity index is 1650. The molecule has 2 unspecified atom stereocenters. The number of aromatic nitrogens is 2. The van der Waals surface area contributed by atoms with Crippen molar-refractivity contribution in [2.24, 2.45) is 0 Å². The van der Waals surface area contributed by atoms with Crippen molar-refractivity contribution in [3.05, 3.63) is 53.3 Å². The second kappa shape index (κ2) is 11.7. The summed E-state index contributed by atoms with van der Waals surface area (Å²) in [5.41, 5.74) is 0.872. The molecule has 0 radical (unpaired) electrons. The first-order valence-electron chi connectivity index (χ1n) is 15.2. The normalized spacial score (nSPS) is 24.2. The second-order valence-electron chi connectivity index (χ2n) is 12.2. The third kappa shape index (κ3) is 5.48. The first-order valence-corrected chi connectivity index (χ1v) is 15.6. The van der Waals surface area contributed by atoms with Crippen LogP contribution in [0.2, 0.25) is 5.02 Å². The Balaban J connectivity index is 1.27. The molecular weight excluding hydrogens is 569 g/mol. The molecule has 43 heavy (non-hydrogen) atoms. The van der Waals surface area contributed by atoms with Gasteiger partial charge in [-0.1, -0.05) is 35.9 Å². The summed E-state index contributed by atoms with van der Waals surface area (Å²) < 4.78 is 28.5. The molecule has 4 atom stereocenters. The monoisotopic (exact) mass is 605 g/mol. The van der Waals surface area contributed by atoms with E-state index in [-0.39, 0.29) is 27.9 Å². The van der Waals surface area contributed by atoms with Crippen LogP contribution in [-0.4, -0.2) is 83.6 Å². The lowest BCUT2D eigenvalue weighted by Crippen LogP contribution is -2.51. The fourth-order valence-electron chi connectivity index (χ4n) is 7.07. The summed E-state index contributed by atoms with van der Waals surface area (Å²) in [4.78, 5) is 14.1. The molecule has 3 aliphatic heterocycles. The number of hydrogen-bond acceptors (Lipinski definition) is 8. The van der Waals surface area contributed by atoms with Crippen LogP contribution in [0.4, 0.5) is 10.2 Å². The lowest BCUT2D eigenvalue weighted by Gasteiger charge is -2.38. The molecule has 0 aliphatic carbocycles. The third-order valence-electron chi connectivity index (χ3n) is 9.12. The van der Waals surface area contributed by atoms with E-state index in [0.717, 1.165) is 62.9 Å². The number of rotatable bonds is 7. The Labute approximate surface area is 255 Å². The Morgan fingerprint density at radius 1 is 1.05 bits per heavy atom. The molecule has 10 heteroatoms. The molecule has 2 bridgehead atoms. The average molecular weight is 606 g/mol. The molecule has 8 nitrogen and oxygen atoms in total. The molecule has 3 saturated heterocycles. The number of fused-ring (bicyclic) bond motifs is 4. The topological polar surface area (TPSA) is 83.0 Å². The number of benzene rings is 3. The predicted octanol–water partition coefficient (Wildman–Crippen LogP) is 5.77. The van der Waals surface area contributed by atoms with E-state index in [2.05, 4.69) is 33.9 Å². The minimum atomic E-state index is -0.555. The van der Waals surface area contributed by atoms with E-state index >= 15 is 4.39 Å². The van der Waals surface area contributed by atoms with E-state index in [1.807, 2.05) is 24.3 Å². The van der Waals surface area contributed by atoms with E-state index < -0.39 is 5.82 Å². The highest BCUT2D eigenvalue weighted by molar-refractivity contribution is 6.35. The minimum Gasteiger partial charge on any atom is -0.508 e. The number of nitrogens with zero attached hydrogens (tertiary/aromatic N) is 4. The number of phenols is 1. The van der Waals surface area contributed by atoms with Crippen LogP contribution in [0.3, 0.4) is 0 Å². The average Bonchev–Trinajstić information content (AvgIpc) is 3.33. The molecule has 2 N–H and O–H groups in total. The summed E-state index contributed by atoms with van der Waals surface area (Å²) in [5, 5.41) is 16.5. The van der Waals surface area contributed by atoms with Gasteiger partial charge in [-0.2, -0.15) is 9.97 Å². The summed E-state index contributed by atoms with van der Waals surface area (Å²) in [6.07, 6.45) is 3.00. The largest absolute Gasteiger partial charge is 0.508 e. The van der Waals surface area contributed by atoms with Crippen molar-refractivity contribution in [3.63, 3.8) is 0 Å². The Hall–Kier alpha value is -3.24. The molecule has 3 aromatic carbocycles. The van der Waals surface area contributed by atoms with Crippen LogP contribution in [0.5, 0.6) is 11.8 Å². The number of piperazine rings is 1. The molecule has 7 rings (SSSR count). The Morgan fingerprint density at radius 3 is 2.56 bits per heavy atom. The van der Waals surface area contributed by atoms with Crippen LogP contribution in [-0.2, 0) is 4.74 Å². The van der Waals surface area contributed by atoms with Gasteiger partial charge < -0.3 is 24.8 Å². The zero-order valence-electron chi connectivity index (χ0n) is 24.5. The van der Waals surface area contributed by atoms with Gasteiger partial charge in [0.25, 0.3) is 0 Å². The molecule has 3 aliphatic rings. The summed E-state index contributed by atoms with van der Waals surface area (Å²) in [5.74, 6) is 0.125.